The highest BCUT2D eigenvalue weighted by atomic mass is 32.1. The van der Waals surface area contributed by atoms with Gasteiger partial charge >= 0.3 is 0 Å². The van der Waals surface area contributed by atoms with Crippen molar-refractivity contribution in [3.63, 3.8) is 0 Å². The molecule has 0 spiro atoms. The van der Waals surface area contributed by atoms with E-state index in [-0.39, 0.29) is 5.78 Å². The monoisotopic (exact) mass is 190 g/mol. The minimum Gasteiger partial charge on any atom is -0.288 e. The third-order valence-corrected chi connectivity index (χ3v) is 2.44. The second-order valence-corrected chi connectivity index (χ2v) is 3.38. The first kappa shape index (κ1) is 8.07. The van der Waals surface area contributed by atoms with Crippen LogP contribution in [0.15, 0.2) is 36.2 Å². The summed E-state index contributed by atoms with van der Waals surface area (Å²) in [6.45, 7) is 0. The topological polar surface area (TPSA) is 42.9 Å². The maximum absolute atomic E-state index is 11.6. The van der Waals surface area contributed by atoms with Crippen LogP contribution in [0, 0.1) is 0 Å². The minimum atomic E-state index is -0.0180. The number of aromatic nitrogens is 2. The summed E-state index contributed by atoms with van der Waals surface area (Å²) < 4.78 is 0. The Bertz CT molecular complexity index is 397. The molecule has 0 amide bonds. The largest absolute Gasteiger partial charge is 0.288 e. The first-order valence-corrected chi connectivity index (χ1v) is 4.59. The van der Waals surface area contributed by atoms with Crippen LogP contribution >= 0.6 is 11.3 Å². The van der Waals surface area contributed by atoms with Crippen molar-refractivity contribution >= 4 is 17.1 Å². The molecule has 0 aliphatic heterocycles. The van der Waals surface area contributed by atoms with Crippen LogP contribution in [0.3, 0.4) is 0 Å². The van der Waals surface area contributed by atoms with Gasteiger partial charge in [-0.2, -0.15) is 0 Å². The molecular formula is C9H6N2OS. The number of nitrogens with zero attached hydrogens (tertiary/aromatic N) is 2. The summed E-state index contributed by atoms with van der Waals surface area (Å²) in [5, 5.41) is 1.87. The first-order valence-electron chi connectivity index (χ1n) is 3.71. The molecule has 2 aromatic heterocycles. The normalized spacial score (nSPS) is 9.85. The number of carbonyl (C=O) groups is 1. The number of rotatable bonds is 2. The molecule has 0 atom stereocenters. The molecule has 4 heteroatoms. The van der Waals surface area contributed by atoms with Gasteiger partial charge in [-0.3, -0.25) is 4.79 Å². The van der Waals surface area contributed by atoms with E-state index in [9.17, 15) is 4.79 Å². The zero-order valence-electron chi connectivity index (χ0n) is 6.68. The zero-order valence-corrected chi connectivity index (χ0v) is 7.49. The predicted octanol–water partition coefficient (Wildman–Crippen LogP) is 1.77. The SMILES string of the molecule is O=C(c1cncnc1)c1cccs1. The Morgan fingerprint density at radius 1 is 1.31 bits per heavy atom. The smallest absolute Gasteiger partial charge is 0.206 e. The molecule has 64 valence electrons. The fraction of sp³-hybridized carbons (Fsp3) is 0. The highest BCUT2D eigenvalue weighted by Gasteiger charge is 2.09. The molecule has 13 heavy (non-hydrogen) atoms. The number of carbonyl (C=O) groups excluding carboxylic acids is 1. The van der Waals surface area contributed by atoms with Crippen LogP contribution in [-0.4, -0.2) is 15.8 Å². The molecule has 0 saturated carbocycles. The van der Waals surface area contributed by atoms with Crippen molar-refractivity contribution in [1.29, 1.82) is 0 Å². The van der Waals surface area contributed by atoms with E-state index in [1.807, 2.05) is 11.4 Å². The average Bonchev–Trinajstić information content (AvgIpc) is 2.71. The lowest BCUT2D eigenvalue weighted by atomic mass is 10.2. The Hall–Kier alpha value is -1.55. The van der Waals surface area contributed by atoms with Crippen LogP contribution in [0.1, 0.15) is 15.2 Å². The Kier molecular flexibility index (Phi) is 2.14. The van der Waals surface area contributed by atoms with E-state index >= 15 is 0 Å². The summed E-state index contributed by atoms with van der Waals surface area (Å²) >= 11 is 1.42. The zero-order chi connectivity index (χ0) is 9.10. The van der Waals surface area contributed by atoms with Gasteiger partial charge in [0.05, 0.1) is 10.4 Å². The van der Waals surface area contributed by atoms with Crippen molar-refractivity contribution in [2.75, 3.05) is 0 Å². The molecule has 0 aliphatic rings. The molecule has 3 nitrogen and oxygen atoms in total. The molecule has 0 saturated heterocycles. The molecule has 0 bridgehead atoms. The van der Waals surface area contributed by atoms with Gasteiger partial charge in [-0.15, -0.1) is 11.3 Å². The Labute approximate surface area is 79.1 Å². The lowest BCUT2D eigenvalue weighted by Gasteiger charge is -1.94. The van der Waals surface area contributed by atoms with Crippen LogP contribution in [0.4, 0.5) is 0 Å². The number of thiophene rings is 1. The first-order chi connectivity index (χ1) is 6.38. The van der Waals surface area contributed by atoms with E-state index in [0.717, 1.165) is 4.88 Å². The molecule has 0 fully saturated rings. The van der Waals surface area contributed by atoms with Crippen LogP contribution in [0.5, 0.6) is 0 Å². The number of hydrogen-bond donors (Lipinski definition) is 0. The lowest BCUT2D eigenvalue weighted by Crippen LogP contribution is -1.99. The van der Waals surface area contributed by atoms with Gasteiger partial charge in [-0.1, -0.05) is 6.07 Å². The van der Waals surface area contributed by atoms with Crippen molar-refractivity contribution in [3.05, 3.63) is 46.7 Å². The van der Waals surface area contributed by atoms with Crippen LogP contribution in [0.2, 0.25) is 0 Å². The molecular weight excluding hydrogens is 184 g/mol. The van der Waals surface area contributed by atoms with Crippen molar-refractivity contribution in [2.24, 2.45) is 0 Å². The summed E-state index contributed by atoms with van der Waals surface area (Å²) in [5.41, 5.74) is 0.532. The average molecular weight is 190 g/mol. The second-order valence-electron chi connectivity index (χ2n) is 2.43. The van der Waals surface area contributed by atoms with E-state index in [1.165, 1.54) is 30.1 Å². The van der Waals surface area contributed by atoms with Crippen molar-refractivity contribution < 1.29 is 4.79 Å². The quantitative estimate of drug-likeness (QED) is 0.678. The van der Waals surface area contributed by atoms with E-state index in [1.54, 1.807) is 6.07 Å². The molecule has 2 heterocycles. The van der Waals surface area contributed by atoms with Gasteiger partial charge in [0.25, 0.3) is 0 Å². The Morgan fingerprint density at radius 3 is 2.69 bits per heavy atom. The van der Waals surface area contributed by atoms with E-state index in [0.29, 0.717) is 5.56 Å². The standard InChI is InChI=1S/C9H6N2OS/c12-9(8-2-1-3-13-8)7-4-10-6-11-5-7/h1-6H. The van der Waals surface area contributed by atoms with Gasteiger partial charge in [0.1, 0.15) is 6.33 Å². The van der Waals surface area contributed by atoms with E-state index in [2.05, 4.69) is 9.97 Å². The van der Waals surface area contributed by atoms with Gasteiger partial charge in [0.2, 0.25) is 5.78 Å². The molecule has 0 unspecified atom stereocenters. The number of hydrogen-bond acceptors (Lipinski definition) is 4. The fourth-order valence-corrected chi connectivity index (χ4v) is 1.65. The van der Waals surface area contributed by atoms with E-state index in [4.69, 9.17) is 0 Å². The Balaban J connectivity index is 2.34. The second kappa shape index (κ2) is 3.45. The van der Waals surface area contributed by atoms with Gasteiger partial charge < -0.3 is 0 Å². The van der Waals surface area contributed by atoms with Crippen LogP contribution < -0.4 is 0 Å². The molecule has 2 aromatic rings. The molecule has 0 aromatic carbocycles. The Morgan fingerprint density at radius 2 is 2.08 bits per heavy atom. The third-order valence-electron chi connectivity index (χ3n) is 1.57. The highest BCUT2D eigenvalue weighted by molar-refractivity contribution is 7.12. The maximum atomic E-state index is 11.6. The fourth-order valence-electron chi connectivity index (χ4n) is 0.966. The van der Waals surface area contributed by atoms with Gasteiger partial charge in [-0.05, 0) is 11.4 Å². The summed E-state index contributed by atoms with van der Waals surface area (Å²) in [4.78, 5) is 19.9. The summed E-state index contributed by atoms with van der Waals surface area (Å²) in [5.74, 6) is -0.0180. The van der Waals surface area contributed by atoms with Crippen molar-refractivity contribution in [1.82, 2.24) is 9.97 Å². The van der Waals surface area contributed by atoms with E-state index < -0.39 is 0 Å². The van der Waals surface area contributed by atoms with Crippen molar-refractivity contribution in [3.8, 4) is 0 Å². The lowest BCUT2D eigenvalue weighted by molar-refractivity contribution is 0.104. The van der Waals surface area contributed by atoms with Crippen molar-refractivity contribution in [2.45, 2.75) is 0 Å². The summed E-state index contributed by atoms with van der Waals surface area (Å²) in [6.07, 6.45) is 4.45. The van der Waals surface area contributed by atoms with Crippen LogP contribution in [-0.2, 0) is 0 Å². The van der Waals surface area contributed by atoms with Gasteiger partial charge in [-0.25, -0.2) is 9.97 Å². The third kappa shape index (κ3) is 1.62. The number of ketones is 1. The molecule has 0 aliphatic carbocycles. The molecule has 0 radical (unpaired) electrons. The highest BCUT2D eigenvalue weighted by Crippen LogP contribution is 2.13. The molecule has 2 rings (SSSR count). The molecule has 0 N–H and O–H groups in total. The predicted molar refractivity (Wildman–Crippen MR) is 49.8 cm³/mol. The van der Waals surface area contributed by atoms with Gasteiger partial charge in [0.15, 0.2) is 0 Å². The minimum absolute atomic E-state index is 0.0180. The van der Waals surface area contributed by atoms with Crippen LogP contribution in [0.25, 0.3) is 0 Å². The van der Waals surface area contributed by atoms with Gasteiger partial charge in [0, 0.05) is 12.4 Å². The summed E-state index contributed by atoms with van der Waals surface area (Å²) in [7, 11) is 0. The maximum Gasteiger partial charge on any atom is 0.206 e. The summed E-state index contributed by atoms with van der Waals surface area (Å²) in [6, 6.07) is 3.64.